The van der Waals surface area contributed by atoms with E-state index in [-0.39, 0.29) is 17.4 Å². The van der Waals surface area contributed by atoms with Gasteiger partial charge in [-0.3, -0.25) is 20.0 Å². The number of anilines is 1. The van der Waals surface area contributed by atoms with Gasteiger partial charge in [0.1, 0.15) is 5.65 Å². The first kappa shape index (κ1) is 14.8. The highest BCUT2D eigenvalue weighted by Gasteiger charge is 2.10. The summed E-state index contributed by atoms with van der Waals surface area (Å²) in [5.74, 6) is 4.85. The molecule has 0 unspecified atom stereocenters. The molecule has 23 heavy (non-hydrogen) atoms. The minimum Gasteiger partial charge on any atom is -0.369 e. The molecule has 0 atom stereocenters. The van der Waals surface area contributed by atoms with E-state index in [9.17, 15) is 9.59 Å². The smallest absolute Gasteiger partial charge is 0.265 e. The van der Waals surface area contributed by atoms with Crippen LogP contribution in [-0.2, 0) is 12.8 Å². The van der Waals surface area contributed by atoms with Gasteiger partial charge in [0.2, 0.25) is 5.95 Å². The van der Waals surface area contributed by atoms with Crippen LogP contribution in [0.15, 0.2) is 35.3 Å². The maximum Gasteiger partial charge on any atom is 0.265 e. The van der Waals surface area contributed by atoms with Gasteiger partial charge in [-0.05, 0) is 36.1 Å². The molecule has 0 saturated carbocycles. The predicted molar refractivity (Wildman–Crippen MR) is 86.6 cm³/mol. The van der Waals surface area contributed by atoms with Gasteiger partial charge >= 0.3 is 0 Å². The Kier molecular flexibility index (Phi) is 3.82. The minimum absolute atomic E-state index is 0.0877. The summed E-state index contributed by atoms with van der Waals surface area (Å²) in [6, 6.07) is 7.14. The van der Waals surface area contributed by atoms with E-state index >= 15 is 0 Å². The van der Waals surface area contributed by atoms with Crippen molar-refractivity contribution in [1.29, 1.82) is 0 Å². The number of nitrogens with zero attached hydrogens (tertiary/aromatic N) is 1. The number of nitrogens with one attached hydrogen (secondary N) is 3. The van der Waals surface area contributed by atoms with E-state index in [2.05, 4.69) is 20.4 Å². The van der Waals surface area contributed by atoms with Gasteiger partial charge in [0.05, 0.1) is 5.39 Å². The van der Waals surface area contributed by atoms with E-state index in [0.29, 0.717) is 23.0 Å². The standard InChI is InChI=1S/C15H16N6O2/c16-15-19-12-11(14(23)20-15)10(7-18-12)6-3-8-1-4-9(5-2-8)13(22)21-17/h1-2,4-5,7H,3,6,17H2,(H,21,22)(H4,16,18,19,20,23). The zero-order valence-corrected chi connectivity index (χ0v) is 12.2. The van der Waals surface area contributed by atoms with Gasteiger partial charge < -0.3 is 10.7 Å². The lowest BCUT2D eigenvalue weighted by Gasteiger charge is -2.03. The fourth-order valence-electron chi connectivity index (χ4n) is 2.50. The first-order valence-electron chi connectivity index (χ1n) is 7.04. The van der Waals surface area contributed by atoms with E-state index in [0.717, 1.165) is 17.5 Å². The van der Waals surface area contributed by atoms with Crippen LogP contribution in [0, 0.1) is 0 Å². The van der Waals surface area contributed by atoms with E-state index in [1.165, 1.54) is 0 Å². The maximum absolute atomic E-state index is 12.0. The van der Waals surface area contributed by atoms with Gasteiger partial charge in [-0.1, -0.05) is 12.1 Å². The van der Waals surface area contributed by atoms with Crippen molar-refractivity contribution < 1.29 is 4.79 Å². The van der Waals surface area contributed by atoms with E-state index in [1.54, 1.807) is 18.3 Å². The number of rotatable bonds is 4. The number of amides is 1. The summed E-state index contributed by atoms with van der Waals surface area (Å²) in [6.45, 7) is 0. The van der Waals surface area contributed by atoms with Crippen molar-refractivity contribution in [3.8, 4) is 0 Å². The lowest BCUT2D eigenvalue weighted by Crippen LogP contribution is -2.29. The highest BCUT2D eigenvalue weighted by atomic mass is 16.2. The number of aromatic amines is 2. The Morgan fingerprint density at radius 1 is 1.22 bits per heavy atom. The molecule has 0 fully saturated rings. The third-order valence-electron chi connectivity index (χ3n) is 3.67. The largest absolute Gasteiger partial charge is 0.369 e. The number of H-pyrrole nitrogens is 2. The Labute approximate surface area is 130 Å². The molecule has 0 saturated heterocycles. The molecule has 1 amide bonds. The van der Waals surface area contributed by atoms with Crippen LogP contribution >= 0.6 is 0 Å². The Morgan fingerprint density at radius 2 is 1.96 bits per heavy atom. The molecule has 1 aromatic carbocycles. The van der Waals surface area contributed by atoms with Crippen molar-refractivity contribution in [1.82, 2.24) is 20.4 Å². The molecule has 2 aromatic heterocycles. The molecule has 0 aliphatic carbocycles. The van der Waals surface area contributed by atoms with Crippen LogP contribution in [0.2, 0.25) is 0 Å². The fraction of sp³-hybridized carbons (Fsp3) is 0.133. The number of nitrogens with two attached hydrogens (primary N) is 2. The van der Waals surface area contributed by atoms with Crippen molar-refractivity contribution in [2.45, 2.75) is 12.8 Å². The third kappa shape index (κ3) is 2.92. The van der Waals surface area contributed by atoms with Crippen LogP contribution in [0.4, 0.5) is 5.95 Å². The summed E-state index contributed by atoms with van der Waals surface area (Å²) in [5.41, 5.74) is 10.3. The lowest BCUT2D eigenvalue weighted by molar-refractivity contribution is 0.0953. The minimum atomic E-state index is -0.330. The average Bonchev–Trinajstić information content (AvgIpc) is 2.95. The van der Waals surface area contributed by atoms with Crippen LogP contribution in [0.1, 0.15) is 21.5 Å². The molecule has 3 rings (SSSR count). The highest BCUT2D eigenvalue weighted by Crippen LogP contribution is 2.15. The molecule has 8 nitrogen and oxygen atoms in total. The molecular weight excluding hydrogens is 296 g/mol. The average molecular weight is 312 g/mol. The van der Waals surface area contributed by atoms with E-state index in [1.807, 2.05) is 12.1 Å². The van der Waals surface area contributed by atoms with Crippen molar-refractivity contribution in [3.63, 3.8) is 0 Å². The predicted octanol–water partition coefficient (Wildman–Crippen LogP) is 0.222. The number of benzene rings is 1. The van der Waals surface area contributed by atoms with E-state index < -0.39 is 0 Å². The number of carbonyl (C=O) groups is 1. The van der Waals surface area contributed by atoms with Crippen molar-refractivity contribution >= 4 is 22.9 Å². The molecule has 0 radical (unpaired) electrons. The van der Waals surface area contributed by atoms with Crippen LogP contribution in [0.3, 0.4) is 0 Å². The molecule has 3 aromatic rings. The van der Waals surface area contributed by atoms with Gasteiger partial charge in [0, 0.05) is 11.8 Å². The van der Waals surface area contributed by atoms with Crippen molar-refractivity contribution in [2.24, 2.45) is 5.84 Å². The lowest BCUT2D eigenvalue weighted by atomic mass is 10.0. The Bertz CT molecular complexity index is 910. The Hall–Kier alpha value is -3.13. The van der Waals surface area contributed by atoms with Crippen LogP contribution in [-0.4, -0.2) is 20.9 Å². The fourth-order valence-corrected chi connectivity index (χ4v) is 2.50. The van der Waals surface area contributed by atoms with Gasteiger partial charge in [-0.15, -0.1) is 0 Å². The number of aryl methyl sites for hydroxylation is 2. The summed E-state index contributed by atoms with van der Waals surface area (Å²) in [4.78, 5) is 32.9. The molecule has 8 heteroatoms. The highest BCUT2D eigenvalue weighted by molar-refractivity contribution is 5.93. The summed E-state index contributed by atoms with van der Waals surface area (Å²) >= 11 is 0. The maximum atomic E-state index is 12.0. The number of hydrazine groups is 1. The number of aromatic nitrogens is 3. The van der Waals surface area contributed by atoms with Gasteiger partial charge in [0.15, 0.2) is 0 Å². The number of hydrogen-bond donors (Lipinski definition) is 5. The second kappa shape index (κ2) is 5.93. The van der Waals surface area contributed by atoms with Gasteiger partial charge in [-0.2, -0.15) is 4.98 Å². The van der Waals surface area contributed by atoms with Crippen LogP contribution < -0.4 is 22.6 Å². The third-order valence-corrected chi connectivity index (χ3v) is 3.67. The molecule has 2 heterocycles. The quantitative estimate of drug-likeness (QED) is 0.266. The summed E-state index contributed by atoms with van der Waals surface area (Å²) in [7, 11) is 0. The second-order valence-electron chi connectivity index (χ2n) is 5.16. The van der Waals surface area contributed by atoms with Gasteiger partial charge in [-0.25, -0.2) is 5.84 Å². The molecular formula is C15H16N6O2. The number of fused-ring (bicyclic) bond motifs is 1. The molecule has 0 aliphatic heterocycles. The summed E-state index contributed by atoms with van der Waals surface area (Å²) in [6.07, 6.45) is 3.15. The normalized spacial score (nSPS) is 10.8. The first-order chi connectivity index (χ1) is 11.1. The summed E-state index contributed by atoms with van der Waals surface area (Å²) < 4.78 is 0. The van der Waals surface area contributed by atoms with E-state index in [4.69, 9.17) is 11.6 Å². The summed E-state index contributed by atoms with van der Waals surface area (Å²) in [5, 5.41) is 0.526. The molecule has 118 valence electrons. The molecule has 7 N–H and O–H groups in total. The zero-order valence-electron chi connectivity index (χ0n) is 12.2. The Morgan fingerprint density at radius 3 is 2.65 bits per heavy atom. The first-order valence-corrected chi connectivity index (χ1v) is 7.04. The van der Waals surface area contributed by atoms with Crippen molar-refractivity contribution in [2.75, 3.05) is 5.73 Å². The number of hydrogen-bond acceptors (Lipinski definition) is 5. The SMILES string of the molecule is NNC(=O)c1ccc(CCc2c[nH]c3nc(N)[nH]c(=O)c23)cc1. The zero-order chi connectivity index (χ0) is 16.4. The second-order valence-corrected chi connectivity index (χ2v) is 5.16. The number of nitrogen functional groups attached to an aromatic ring is 2. The monoisotopic (exact) mass is 312 g/mol. The Balaban J connectivity index is 1.79. The topological polar surface area (TPSA) is 143 Å². The molecule has 0 aliphatic rings. The molecule has 0 spiro atoms. The number of carbonyl (C=O) groups excluding carboxylic acids is 1. The van der Waals surface area contributed by atoms with Crippen LogP contribution in [0.5, 0.6) is 0 Å². The molecule has 0 bridgehead atoms. The van der Waals surface area contributed by atoms with Crippen LogP contribution in [0.25, 0.3) is 11.0 Å². The van der Waals surface area contributed by atoms with Gasteiger partial charge in [0.25, 0.3) is 11.5 Å². The van der Waals surface area contributed by atoms with Crippen molar-refractivity contribution in [3.05, 3.63) is 57.5 Å².